The van der Waals surface area contributed by atoms with Crippen LogP contribution in [0.3, 0.4) is 0 Å². The van der Waals surface area contributed by atoms with E-state index in [2.05, 4.69) is 32.9 Å². The van der Waals surface area contributed by atoms with E-state index in [0.29, 0.717) is 0 Å². The first-order chi connectivity index (χ1) is 5.24. The highest BCUT2D eigenvalue weighted by Crippen LogP contribution is 2.24. The largest absolute Gasteiger partial charge is 0.0702 e. The highest BCUT2D eigenvalue weighted by atomic mass is 14.1. The molecule has 1 aliphatic carbocycles. The van der Waals surface area contributed by atoms with Crippen LogP contribution in [0.5, 0.6) is 0 Å². The van der Waals surface area contributed by atoms with Crippen LogP contribution in [0.4, 0.5) is 0 Å². The lowest BCUT2D eigenvalue weighted by molar-refractivity contribution is 0.693. The molecule has 0 saturated carbocycles. The Morgan fingerprint density at radius 3 is 2.36 bits per heavy atom. The van der Waals surface area contributed by atoms with Gasteiger partial charge in [-0.15, -0.1) is 0 Å². The summed E-state index contributed by atoms with van der Waals surface area (Å²) in [7, 11) is 0. The standard InChI is InChI=1S/C11H18/c1-4-10-5-7-11(8-6-10)9(2)3/h5,7,9H,4,6,8H2,1-3H3. The molecule has 62 valence electrons. The Balaban J connectivity index is 2.61. The first-order valence-corrected chi connectivity index (χ1v) is 4.62. The normalized spacial score (nSPS) is 18.2. The van der Waals surface area contributed by atoms with Crippen LogP contribution in [0.1, 0.15) is 40.0 Å². The lowest BCUT2D eigenvalue weighted by atomic mass is 9.90. The molecule has 0 heteroatoms. The van der Waals surface area contributed by atoms with Crippen molar-refractivity contribution < 1.29 is 0 Å². The van der Waals surface area contributed by atoms with Crippen LogP contribution in [0.25, 0.3) is 0 Å². The molecule has 0 aromatic rings. The Bertz CT molecular complexity index is 182. The Morgan fingerprint density at radius 2 is 2.00 bits per heavy atom. The Morgan fingerprint density at radius 1 is 1.27 bits per heavy atom. The summed E-state index contributed by atoms with van der Waals surface area (Å²) >= 11 is 0. The van der Waals surface area contributed by atoms with E-state index in [-0.39, 0.29) is 0 Å². The third kappa shape index (κ3) is 2.21. The molecule has 0 aromatic heterocycles. The van der Waals surface area contributed by atoms with E-state index >= 15 is 0 Å². The fourth-order valence-corrected chi connectivity index (χ4v) is 1.47. The molecule has 0 saturated heterocycles. The van der Waals surface area contributed by atoms with Crippen molar-refractivity contribution in [2.45, 2.75) is 40.0 Å². The van der Waals surface area contributed by atoms with Crippen molar-refractivity contribution in [3.05, 3.63) is 23.3 Å². The lowest BCUT2D eigenvalue weighted by Gasteiger charge is -2.16. The Labute approximate surface area is 70.0 Å². The lowest BCUT2D eigenvalue weighted by Crippen LogP contribution is -1.98. The quantitative estimate of drug-likeness (QED) is 0.563. The third-order valence-corrected chi connectivity index (χ3v) is 2.46. The molecule has 0 spiro atoms. The first kappa shape index (κ1) is 8.58. The minimum Gasteiger partial charge on any atom is -0.0702 e. The van der Waals surface area contributed by atoms with Gasteiger partial charge in [-0.25, -0.2) is 0 Å². The van der Waals surface area contributed by atoms with Gasteiger partial charge in [0.2, 0.25) is 0 Å². The third-order valence-electron chi connectivity index (χ3n) is 2.46. The summed E-state index contributed by atoms with van der Waals surface area (Å²) < 4.78 is 0. The minimum absolute atomic E-state index is 0.740. The van der Waals surface area contributed by atoms with E-state index in [4.69, 9.17) is 0 Å². The second-order valence-corrected chi connectivity index (χ2v) is 3.57. The summed E-state index contributed by atoms with van der Waals surface area (Å²) in [5, 5.41) is 0. The zero-order valence-electron chi connectivity index (χ0n) is 7.85. The van der Waals surface area contributed by atoms with Crippen LogP contribution < -0.4 is 0 Å². The zero-order chi connectivity index (χ0) is 8.27. The van der Waals surface area contributed by atoms with E-state index in [9.17, 15) is 0 Å². The number of hydrogen-bond acceptors (Lipinski definition) is 0. The Kier molecular flexibility index (Phi) is 2.92. The molecule has 1 aliphatic rings. The molecule has 0 amide bonds. The molecular weight excluding hydrogens is 132 g/mol. The predicted molar refractivity (Wildman–Crippen MR) is 50.5 cm³/mol. The van der Waals surface area contributed by atoms with E-state index in [1.807, 2.05) is 0 Å². The average molecular weight is 150 g/mol. The van der Waals surface area contributed by atoms with Gasteiger partial charge in [0.15, 0.2) is 0 Å². The molecule has 1 rings (SSSR count). The van der Waals surface area contributed by atoms with Crippen molar-refractivity contribution in [1.82, 2.24) is 0 Å². The van der Waals surface area contributed by atoms with Gasteiger partial charge in [-0.3, -0.25) is 0 Å². The monoisotopic (exact) mass is 150 g/mol. The Hall–Kier alpha value is -0.520. The molecule has 0 aromatic carbocycles. The number of rotatable bonds is 2. The van der Waals surface area contributed by atoms with Gasteiger partial charge in [0.05, 0.1) is 0 Å². The maximum absolute atomic E-state index is 2.31. The predicted octanol–water partition coefficient (Wildman–Crippen LogP) is 3.70. The molecule has 0 fully saturated rings. The summed E-state index contributed by atoms with van der Waals surface area (Å²) in [5.41, 5.74) is 3.22. The molecule has 0 unspecified atom stereocenters. The first-order valence-electron chi connectivity index (χ1n) is 4.62. The van der Waals surface area contributed by atoms with Gasteiger partial charge in [0.1, 0.15) is 0 Å². The molecule has 0 heterocycles. The smallest absolute Gasteiger partial charge is 0.0257 e. The minimum atomic E-state index is 0.740. The summed E-state index contributed by atoms with van der Waals surface area (Å²) in [6.07, 6.45) is 8.42. The molecular formula is C11H18. The van der Waals surface area contributed by atoms with Crippen LogP contribution >= 0.6 is 0 Å². The number of allylic oxidation sites excluding steroid dienone is 4. The van der Waals surface area contributed by atoms with Crippen molar-refractivity contribution in [2.75, 3.05) is 0 Å². The van der Waals surface area contributed by atoms with Gasteiger partial charge in [0, 0.05) is 0 Å². The molecule has 0 atom stereocenters. The highest BCUT2D eigenvalue weighted by molar-refractivity contribution is 5.24. The fourth-order valence-electron chi connectivity index (χ4n) is 1.47. The molecule has 11 heavy (non-hydrogen) atoms. The van der Waals surface area contributed by atoms with Gasteiger partial charge in [-0.1, -0.05) is 44.1 Å². The van der Waals surface area contributed by atoms with Crippen molar-refractivity contribution in [3.8, 4) is 0 Å². The second-order valence-electron chi connectivity index (χ2n) is 3.57. The van der Waals surface area contributed by atoms with Gasteiger partial charge in [-0.2, -0.15) is 0 Å². The SMILES string of the molecule is CCC1=CC=C(C(C)C)CC1. The van der Waals surface area contributed by atoms with Crippen LogP contribution in [0, 0.1) is 5.92 Å². The molecule has 0 aliphatic heterocycles. The molecule has 0 nitrogen and oxygen atoms in total. The summed E-state index contributed by atoms with van der Waals surface area (Å²) in [5.74, 6) is 0.740. The maximum Gasteiger partial charge on any atom is -0.0257 e. The van der Waals surface area contributed by atoms with Crippen LogP contribution in [0.2, 0.25) is 0 Å². The van der Waals surface area contributed by atoms with E-state index in [0.717, 1.165) is 5.92 Å². The second kappa shape index (κ2) is 3.75. The van der Waals surface area contributed by atoms with Crippen molar-refractivity contribution in [1.29, 1.82) is 0 Å². The summed E-state index contributed by atoms with van der Waals surface area (Å²) in [6, 6.07) is 0. The van der Waals surface area contributed by atoms with Crippen LogP contribution in [0.15, 0.2) is 23.3 Å². The topological polar surface area (TPSA) is 0 Å². The van der Waals surface area contributed by atoms with Crippen molar-refractivity contribution >= 4 is 0 Å². The van der Waals surface area contributed by atoms with E-state index < -0.39 is 0 Å². The van der Waals surface area contributed by atoms with E-state index in [1.54, 1.807) is 11.1 Å². The fraction of sp³-hybridized carbons (Fsp3) is 0.636. The van der Waals surface area contributed by atoms with Crippen LogP contribution in [-0.2, 0) is 0 Å². The highest BCUT2D eigenvalue weighted by Gasteiger charge is 2.07. The number of hydrogen-bond donors (Lipinski definition) is 0. The maximum atomic E-state index is 2.31. The van der Waals surface area contributed by atoms with E-state index in [1.165, 1.54) is 19.3 Å². The molecule has 0 radical (unpaired) electrons. The van der Waals surface area contributed by atoms with Gasteiger partial charge < -0.3 is 0 Å². The molecule has 0 bridgehead atoms. The van der Waals surface area contributed by atoms with Gasteiger partial charge in [0.25, 0.3) is 0 Å². The average Bonchev–Trinajstić information content (AvgIpc) is 2.05. The van der Waals surface area contributed by atoms with Gasteiger partial charge >= 0.3 is 0 Å². The zero-order valence-corrected chi connectivity index (χ0v) is 7.85. The van der Waals surface area contributed by atoms with Crippen LogP contribution in [-0.4, -0.2) is 0 Å². The van der Waals surface area contributed by atoms with Crippen molar-refractivity contribution in [2.24, 2.45) is 5.92 Å². The van der Waals surface area contributed by atoms with Crippen molar-refractivity contribution in [3.63, 3.8) is 0 Å². The van der Waals surface area contributed by atoms with Gasteiger partial charge in [-0.05, 0) is 25.2 Å². The summed E-state index contributed by atoms with van der Waals surface area (Å²) in [6.45, 7) is 6.78. The molecule has 0 N–H and O–H groups in total. The summed E-state index contributed by atoms with van der Waals surface area (Å²) in [4.78, 5) is 0.